The highest BCUT2D eigenvalue weighted by atomic mass is 32.1. The zero-order valence-corrected chi connectivity index (χ0v) is 15.4. The van der Waals surface area contributed by atoms with Crippen LogP contribution in [0.3, 0.4) is 0 Å². The Bertz CT molecular complexity index is 817. The van der Waals surface area contributed by atoms with Crippen LogP contribution in [-0.4, -0.2) is 22.6 Å². The maximum absolute atomic E-state index is 12.4. The van der Waals surface area contributed by atoms with Gasteiger partial charge in [0.1, 0.15) is 0 Å². The first-order valence-electron chi connectivity index (χ1n) is 8.19. The SMILES string of the molecule is Cc1ccc([C@H](NCC(=O)Nc2c(C)n[nH]c2C)c2cccs2)cc1. The third-order valence-corrected chi connectivity index (χ3v) is 5.03. The number of thiophene rings is 1. The zero-order chi connectivity index (χ0) is 17.8. The Labute approximate surface area is 151 Å². The second-order valence-electron chi connectivity index (χ2n) is 6.10. The van der Waals surface area contributed by atoms with E-state index in [9.17, 15) is 4.79 Å². The second kappa shape index (κ2) is 7.63. The lowest BCUT2D eigenvalue weighted by molar-refractivity contribution is -0.115. The van der Waals surface area contributed by atoms with Gasteiger partial charge in [0.25, 0.3) is 0 Å². The molecule has 5 nitrogen and oxygen atoms in total. The third kappa shape index (κ3) is 4.15. The van der Waals surface area contributed by atoms with Crippen LogP contribution in [0.15, 0.2) is 41.8 Å². The quantitative estimate of drug-likeness (QED) is 0.632. The van der Waals surface area contributed by atoms with Crippen molar-refractivity contribution in [2.75, 3.05) is 11.9 Å². The largest absolute Gasteiger partial charge is 0.322 e. The molecule has 3 N–H and O–H groups in total. The Morgan fingerprint density at radius 3 is 2.56 bits per heavy atom. The van der Waals surface area contributed by atoms with Crippen LogP contribution in [0, 0.1) is 20.8 Å². The molecule has 0 unspecified atom stereocenters. The molecular weight excluding hydrogens is 332 g/mol. The van der Waals surface area contributed by atoms with Crippen LogP contribution >= 0.6 is 11.3 Å². The predicted molar refractivity (Wildman–Crippen MR) is 102 cm³/mol. The Morgan fingerprint density at radius 1 is 1.20 bits per heavy atom. The van der Waals surface area contributed by atoms with Gasteiger partial charge in [-0.25, -0.2) is 0 Å². The van der Waals surface area contributed by atoms with Gasteiger partial charge in [-0.1, -0.05) is 35.9 Å². The highest BCUT2D eigenvalue weighted by molar-refractivity contribution is 7.10. The number of aromatic amines is 1. The summed E-state index contributed by atoms with van der Waals surface area (Å²) in [5.41, 5.74) is 4.78. The summed E-state index contributed by atoms with van der Waals surface area (Å²) in [5, 5.41) is 15.3. The van der Waals surface area contributed by atoms with E-state index in [1.807, 2.05) is 19.9 Å². The van der Waals surface area contributed by atoms with Crippen molar-refractivity contribution in [3.63, 3.8) is 0 Å². The Morgan fingerprint density at radius 2 is 1.96 bits per heavy atom. The molecule has 1 amide bonds. The van der Waals surface area contributed by atoms with E-state index < -0.39 is 0 Å². The van der Waals surface area contributed by atoms with Crippen molar-refractivity contribution >= 4 is 22.9 Å². The van der Waals surface area contributed by atoms with E-state index in [1.165, 1.54) is 10.4 Å². The first-order valence-corrected chi connectivity index (χ1v) is 9.07. The van der Waals surface area contributed by atoms with E-state index in [-0.39, 0.29) is 18.5 Å². The van der Waals surface area contributed by atoms with Gasteiger partial charge in [0, 0.05) is 4.88 Å². The molecule has 1 atom stereocenters. The van der Waals surface area contributed by atoms with Gasteiger partial charge in [0.15, 0.2) is 0 Å². The number of benzene rings is 1. The number of carbonyl (C=O) groups excluding carboxylic acids is 1. The number of rotatable bonds is 6. The fourth-order valence-corrected chi connectivity index (χ4v) is 3.54. The number of aromatic nitrogens is 2. The van der Waals surface area contributed by atoms with Crippen molar-refractivity contribution in [2.24, 2.45) is 0 Å². The number of aryl methyl sites for hydroxylation is 3. The van der Waals surface area contributed by atoms with Gasteiger partial charge in [-0.05, 0) is 37.8 Å². The zero-order valence-electron chi connectivity index (χ0n) is 14.6. The first-order chi connectivity index (χ1) is 12.0. The monoisotopic (exact) mass is 354 g/mol. The molecule has 0 spiro atoms. The van der Waals surface area contributed by atoms with Crippen LogP contribution in [0.4, 0.5) is 5.69 Å². The van der Waals surface area contributed by atoms with Crippen molar-refractivity contribution in [3.05, 3.63) is 69.2 Å². The Kier molecular flexibility index (Phi) is 5.31. The van der Waals surface area contributed by atoms with Gasteiger partial charge >= 0.3 is 0 Å². The summed E-state index contributed by atoms with van der Waals surface area (Å²) in [6, 6.07) is 12.5. The molecule has 3 aromatic rings. The molecule has 25 heavy (non-hydrogen) atoms. The number of carbonyl (C=O) groups is 1. The summed E-state index contributed by atoms with van der Waals surface area (Å²) >= 11 is 1.68. The lowest BCUT2D eigenvalue weighted by Crippen LogP contribution is -2.31. The molecule has 0 saturated heterocycles. The fourth-order valence-electron chi connectivity index (χ4n) is 2.71. The number of nitrogens with zero attached hydrogens (tertiary/aromatic N) is 1. The molecule has 6 heteroatoms. The summed E-state index contributed by atoms with van der Waals surface area (Å²) in [6.45, 7) is 6.05. The molecule has 0 saturated carbocycles. The molecule has 0 fully saturated rings. The van der Waals surface area contributed by atoms with E-state index in [0.717, 1.165) is 22.6 Å². The normalized spacial score (nSPS) is 12.1. The van der Waals surface area contributed by atoms with Gasteiger partial charge < -0.3 is 5.32 Å². The van der Waals surface area contributed by atoms with Crippen molar-refractivity contribution in [3.8, 4) is 0 Å². The van der Waals surface area contributed by atoms with Crippen molar-refractivity contribution in [1.82, 2.24) is 15.5 Å². The topological polar surface area (TPSA) is 69.8 Å². The maximum atomic E-state index is 12.4. The molecular formula is C19H22N4OS. The van der Waals surface area contributed by atoms with E-state index in [2.05, 4.69) is 63.5 Å². The number of amides is 1. The molecule has 2 aromatic heterocycles. The predicted octanol–water partition coefficient (Wildman–Crippen LogP) is 3.71. The van der Waals surface area contributed by atoms with Gasteiger partial charge in [-0.15, -0.1) is 11.3 Å². The molecule has 1 aromatic carbocycles. The van der Waals surface area contributed by atoms with E-state index in [1.54, 1.807) is 11.3 Å². The minimum Gasteiger partial charge on any atom is -0.322 e. The fraction of sp³-hybridized carbons (Fsp3) is 0.263. The standard InChI is InChI=1S/C19H22N4OS/c1-12-6-8-15(9-7-12)19(16-5-4-10-25-16)20-11-17(24)21-18-13(2)22-23-14(18)3/h4-10,19-20H,11H2,1-3H3,(H,21,24)(H,22,23)/t19-/m0/s1. The summed E-state index contributed by atoms with van der Waals surface area (Å²) in [5.74, 6) is -0.0822. The summed E-state index contributed by atoms with van der Waals surface area (Å²) < 4.78 is 0. The number of H-pyrrole nitrogens is 1. The van der Waals surface area contributed by atoms with Gasteiger partial charge in [0.2, 0.25) is 5.91 Å². The van der Waals surface area contributed by atoms with Gasteiger partial charge in [0.05, 0.1) is 29.7 Å². The van der Waals surface area contributed by atoms with Crippen molar-refractivity contribution in [2.45, 2.75) is 26.8 Å². The number of hydrogen-bond acceptors (Lipinski definition) is 4. The van der Waals surface area contributed by atoms with E-state index >= 15 is 0 Å². The minimum atomic E-state index is -0.0822. The van der Waals surface area contributed by atoms with E-state index in [4.69, 9.17) is 0 Å². The lowest BCUT2D eigenvalue weighted by atomic mass is 10.0. The van der Waals surface area contributed by atoms with E-state index in [0.29, 0.717) is 0 Å². The molecule has 2 heterocycles. The van der Waals surface area contributed by atoms with Crippen LogP contribution in [0.2, 0.25) is 0 Å². The molecule has 0 aliphatic heterocycles. The van der Waals surface area contributed by atoms with Crippen LogP contribution in [0.25, 0.3) is 0 Å². The molecule has 0 radical (unpaired) electrons. The molecule has 0 aliphatic carbocycles. The maximum Gasteiger partial charge on any atom is 0.238 e. The number of hydrogen-bond donors (Lipinski definition) is 3. The minimum absolute atomic E-state index is 0.00195. The van der Waals surface area contributed by atoms with Gasteiger partial charge in [-0.3, -0.25) is 15.2 Å². The Hall–Kier alpha value is -2.44. The smallest absolute Gasteiger partial charge is 0.238 e. The average Bonchev–Trinajstić information content (AvgIpc) is 3.22. The van der Waals surface area contributed by atoms with Crippen LogP contribution < -0.4 is 10.6 Å². The second-order valence-corrected chi connectivity index (χ2v) is 7.08. The lowest BCUT2D eigenvalue weighted by Gasteiger charge is -2.18. The summed E-state index contributed by atoms with van der Waals surface area (Å²) in [6.07, 6.45) is 0. The highest BCUT2D eigenvalue weighted by Gasteiger charge is 2.17. The van der Waals surface area contributed by atoms with Gasteiger partial charge in [-0.2, -0.15) is 5.10 Å². The highest BCUT2D eigenvalue weighted by Crippen LogP contribution is 2.26. The van der Waals surface area contributed by atoms with Crippen LogP contribution in [0.1, 0.15) is 33.4 Å². The first kappa shape index (κ1) is 17.4. The van der Waals surface area contributed by atoms with Crippen molar-refractivity contribution < 1.29 is 4.79 Å². The molecule has 130 valence electrons. The summed E-state index contributed by atoms with van der Waals surface area (Å²) in [7, 11) is 0. The summed E-state index contributed by atoms with van der Waals surface area (Å²) in [4.78, 5) is 13.5. The van der Waals surface area contributed by atoms with Crippen LogP contribution in [0.5, 0.6) is 0 Å². The molecule has 0 aliphatic rings. The number of nitrogens with one attached hydrogen (secondary N) is 3. The van der Waals surface area contributed by atoms with Crippen LogP contribution in [-0.2, 0) is 4.79 Å². The number of anilines is 1. The molecule has 3 rings (SSSR count). The third-order valence-electron chi connectivity index (χ3n) is 4.10. The Balaban J connectivity index is 1.71. The van der Waals surface area contributed by atoms with Crippen molar-refractivity contribution in [1.29, 1.82) is 0 Å². The average molecular weight is 354 g/mol. The molecule has 0 bridgehead atoms.